The monoisotopic (exact) mass is 336 g/mol. The summed E-state index contributed by atoms with van der Waals surface area (Å²) in [5, 5.41) is 7.07. The lowest BCUT2D eigenvalue weighted by Gasteiger charge is -2.12. The van der Waals surface area contributed by atoms with E-state index in [9.17, 15) is 4.79 Å². The van der Waals surface area contributed by atoms with Crippen LogP contribution in [0.2, 0.25) is 0 Å². The van der Waals surface area contributed by atoms with Gasteiger partial charge < -0.3 is 21.4 Å². The van der Waals surface area contributed by atoms with E-state index in [1.807, 2.05) is 42.6 Å². The number of nitrogens with zero attached hydrogens (tertiary/aromatic N) is 2. The molecule has 25 heavy (non-hydrogen) atoms. The van der Waals surface area contributed by atoms with Crippen LogP contribution in [0, 0.1) is 0 Å². The Bertz CT molecular complexity index is 900. The third-order valence-electron chi connectivity index (χ3n) is 4.39. The molecule has 7 nitrogen and oxygen atoms in total. The molecule has 1 amide bonds. The van der Waals surface area contributed by atoms with Crippen LogP contribution in [0.5, 0.6) is 0 Å². The fourth-order valence-corrected chi connectivity index (χ4v) is 2.69. The Morgan fingerprint density at radius 2 is 1.96 bits per heavy atom. The van der Waals surface area contributed by atoms with Gasteiger partial charge in [-0.25, -0.2) is 9.97 Å². The summed E-state index contributed by atoms with van der Waals surface area (Å²) in [6, 6.07) is 11.8. The number of H-pyrrole nitrogens is 1. The third kappa shape index (κ3) is 3.18. The van der Waals surface area contributed by atoms with Crippen molar-refractivity contribution in [3.05, 3.63) is 42.6 Å². The Labute approximate surface area is 145 Å². The van der Waals surface area contributed by atoms with E-state index in [1.54, 1.807) is 0 Å². The van der Waals surface area contributed by atoms with Crippen LogP contribution in [0.25, 0.3) is 22.4 Å². The quantitative estimate of drug-likeness (QED) is 0.512. The Morgan fingerprint density at radius 3 is 2.72 bits per heavy atom. The molecule has 1 aliphatic rings. The molecule has 128 valence electrons. The van der Waals surface area contributed by atoms with Crippen LogP contribution in [-0.2, 0) is 4.79 Å². The Balaban J connectivity index is 1.48. The van der Waals surface area contributed by atoms with E-state index >= 15 is 0 Å². The van der Waals surface area contributed by atoms with Gasteiger partial charge in [0.2, 0.25) is 5.91 Å². The average molecular weight is 336 g/mol. The van der Waals surface area contributed by atoms with Crippen LogP contribution in [0.4, 0.5) is 5.82 Å². The zero-order valence-corrected chi connectivity index (χ0v) is 13.7. The summed E-state index contributed by atoms with van der Waals surface area (Å²) in [6.07, 6.45) is 3.37. The van der Waals surface area contributed by atoms with Crippen molar-refractivity contribution in [1.82, 2.24) is 20.3 Å². The van der Waals surface area contributed by atoms with Gasteiger partial charge in [-0.05, 0) is 18.9 Å². The van der Waals surface area contributed by atoms with Crippen molar-refractivity contribution in [2.45, 2.75) is 18.4 Å². The average Bonchev–Trinajstić information content (AvgIpc) is 3.21. The fourth-order valence-electron chi connectivity index (χ4n) is 2.69. The second-order valence-electron chi connectivity index (χ2n) is 6.34. The van der Waals surface area contributed by atoms with Crippen molar-refractivity contribution >= 4 is 22.8 Å². The first-order chi connectivity index (χ1) is 12.2. The molecule has 0 atom stereocenters. The number of carbonyl (C=O) groups excluding carboxylic acids is 1. The lowest BCUT2D eigenvalue weighted by Crippen LogP contribution is -2.44. The van der Waals surface area contributed by atoms with Gasteiger partial charge in [-0.15, -0.1) is 0 Å². The maximum absolute atomic E-state index is 11.9. The molecule has 1 aliphatic carbocycles. The summed E-state index contributed by atoms with van der Waals surface area (Å²) in [5.74, 6) is 1.32. The molecule has 0 radical (unpaired) electrons. The first kappa shape index (κ1) is 15.6. The molecule has 1 aromatic carbocycles. The third-order valence-corrected chi connectivity index (χ3v) is 4.39. The molecule has 1 fully saturated rings. The zero-order valence-electron chi connectivity index (χ0n) is 13.7. The maximum Gasteiger partial charge on any atom is 0.240 e. The highest BCUT2D eigenvalue weighted by Crippen LogP contribution is 2.32. The van der Waals surface area contributed by atoms with Gasteiger partial charge in [0.1, 0.15) is 11.5 Å². The molecule has 2 aromatic heterocycles. The van der Waals surface area contributed by atoms with E-state index in [0.717, 1.165) is 35.3 Å². The van der Waals surface area contributed by atoms with Gasteiger partial charge >= 0.3 is 0 Å². The number of aromatic amines is 1. The molecule has 7 heteroatoms. The highest BCUT2D eigenvalue weighted by molar-refractivity contribution is 5.89. The van der Waals surface area contributed by atoms with Gasteiger partial charge in [0, 0.05) is 24.8 Å². The lowest BCUT2D eigenvalue weighted by atomic mass is 10.2. The molecule has 1 saturated carbocycles. The van der Waals surface area contributed by atoms with E-state index in [4.69, 9.17) is 5.73 Å². The standard InChI is InChI=1S/C18H20N6O/c19-18(7-8-18)17(25)22-11-10-21-16-13-6-9-20-15(13)23-14(24-16)12-4-2-1-3-5-12/h1-6,9H,7-8,10-11,19H2,(H,22,25)(H2,20,21,23,24). The molecule has 4 rings (SSSR count). The number of aromatic nitrogens is 3. The van der Waals surface area contributed by atoms with Crippen molar-refractivity contribution in [2.24, 2.45) is 5.73 Å². The molecule has 3 aromatic rings. The normalized spacial score (nSPS) is 15.1. The number of fused-ring (bicyclic) bond motifs is 1. The highest BCUT2D eigenvalue weighted by Gasteiger charge is 2.45. The first-order valence-corrected chi connectivity index (χ1v) is 8.37. The summed E-state index contributed by atoms with van der Waals surface area (Å²) in [6.45, 7) is 1.06. The zero-order chi connectivity index (χ0) is 17.3. The van der Waals surface area contributed by atoms with Crippen LogP contribution < -0.4 is 16.4 Å². The Hall–Kier alpha value is -2.93. The van der Waals surface area contributed by atoms with E-state index in [1.165, 1.54) is 0 Å². The van der Waals surface area contributed by atoms with Crippen LogP contribution in [-0.4, -0.2) is 39.5 Å². The van der Waals surface area contributed by atoms with Gasteiger partial charge in [-0.3, -0.25) is 4.79 Å². The van der Waals surface area contributed by atoms with Crippen LogP contribution in [0.3, 0.4) is 0 Å². The molecule has 0 spiro atoms. The number of carbonyl (C=O) groups is 1. The summed E-state index contributed by atoms with van der Waals surface area (Å²) < 4.78 is 0. The number of hydrogen-bond donors (Lipinski definition) is 4. The number of hydrogen-bond acceptors (Lipinski definition) is 5. The largest absolute Gasteiger partial charge is 0.368 e. The lowest BCUT2D eigenvalue weighted by molar-refractivity contribution is -0.123. The minimum absolute atomic E-state index is 0.0752. The van der Waals surface area contributed by atoms with Gasteiger partial charge in [-0.1, -0.05) is 30.3 Å². The number of rotatable bonds is 6. The summed E-state index contributed by atoms with van der Waals surface area (Å²) >= 11 is 0. The van der Waals surface area contributed by atoms with Crippen LogP contribution in [0.1, 0.15) is 12.8 Å². The molecular formula is C18H20N6O. The summed E-state index contributed by atoms with van der Waals surface area (Å²) in [5.41, 5.74) is 6.97. The predicted molar refractivity (Wildman–Crippen MR) is 97.0 cm³/mol. The fraction of sp³-hybridized carbons (Fsp3) is 0.278. The van der Waals surface area contributed by atoms with Gasteiger partial charge in [0.25, 0.3) is 0 Å². The van der Waals surface area contributed by atoms with Gasteiger partial charge in [0.05, 0.1) is 10.9 Å². The number of anilines is 1. The molecule has 0 aliphatic heterocycles. The molecule has 0 saturated heterocycles. The molecule has 0 unspecified atom stereocenters. The van der Waals surface area contributed by atoms with E-state index in [-0.39, 0.29) is 5.91 Å². The summed E-state index contributed by atoms with van der Waals surface area (Å²) in [4.78, 5) is 24.2. The van der Waals surface area contributed by atoms with E-state index in [2.05, 4.69) is 25.6 Å². The van der Waals surface area contributed by atoms with Crippen LogP contribution in [0.15, 0.2) is 42.6 Å². The van der Waals surface area contributed by atoms with Crippen molar-refractivity contribution in [2.75, 3.05) is 18.4 Å². The Kier molecular flexibility index (Phi) is 3.85. The smallest absolute Gasteiger partial charge is 0.240 e. The first-order valence-electron chi connectivity index (χ1n) is 8.37. The van der Waals surface area contributed by atoms with Crippen molar-refractivity contribution in [1.29, 1.82) is 0 Å². The highest BCUT2D eigenvalue weighted by atomic mass is 16.2. The molecule has 2 heterocycles. The van der Waals surface area contributed by atoms with Crippen molar-refractivity contribution in [3.63, 3.8) is 0 Å². The Morgan fingerprint density at radius 1 is 1.16 bits per heavy atom. The number of nitrogens with one attached hydrogen (secondary N) is 3. The maximum atomic E-state index is 11.9. The summed E-state index contributed by atoms with van der Waals surface area (Å²) in [7, 11) is 0. The van der Waals surface area contributed by atoms with Crippen molar-refractivity contribution in [3.8, 4) is 11.4 Å². The second kappa shape index (κ2) is 6.18. The van der Waals surface area contributed by atoms with E-state index in [0.29, 0.717) is 18.9 Å². The van der Waals surface area contributed by atoms with E-state index < -0.39 is 5.54 Å². The topological polar surface area (TPSA) is 109 Å². The number of nitrogens with two attached hydrogens (primary N) is 1. The van der Waals surface area contributed by atoms with Gasteiger partial charge in [-0.2, -0.15) is 0 Å². The minimum atomic E-state index is -0.636. The van der Waals surface area contributed by atoms with Crippen LogP contribution >= 0.6 is 0 Å². The second-order valence-corrected chi connectivity index (χ2v) is 6.34. The SMILES string of the molecule is NC1(C(=O)NCCNc2nc(-c3ccccc3)nc3[nH]ccc23)CC1. The molecular weight excluding hydrogens is 316 g/mol. The molecule has 0 bridgehead atoms. The van der Waals surface area contributed by atoms with Crippen molar-refractivity contribution < 1.29 is 4.79 Å². The number of amides is 1. The minimum Gasteiger partial charge on any atom is -0.368 e. The van der Waals surface area contributed by atoms with Gasteiger partial charge in [0.15, 0.2) is 5.82 Å². The number of benzene rings is 1. The predicted octanol–water partition coefficient (Wildman–Crippen LogP) is 1.64. The molecule has 5 N–H and O–H groups in total.